The van der Waals surface area contributed by atoms with E-state index in [4.69, 9.17) is 0 Å². The summed E-state index contributed by atoms with van der Waals surface area (Å²) in [6.07, 6.45) is 1.05. The van der Waals surface area contributed by atoms with E-state index in [9.17, 15) is 4.79 Å². The molecule has 0 aliphatic rings. The number of alkyl halides is 1. The minimum atomic E-state index is -0.0189. The molecule has 0 bridgehead atoms. The zero-order valence-corrected chi connectivity index (χ0v) is 15.2. The van der Waals surface area contributed by atoms with Gasteiger partial charge in [-0.05, 0) is 50.3 Å². The molecule has 6 heteroatoms. The van der Waals surface area contributed by atoms with Crippen molar-refractivity contribution >= 4 is 65.0 Å². The Labute approximate surface area is 131 Å². The van der Waals surface area contributed by atoms with Crippen molar-refractivity contribution in [2.75, 3.05) is 6.54 Å². The molecule has 1 unspecified atom stereocenters. The molecular weight excluding hydrogens is 434 g/mol. The lowest BCUT2D eigenvalue weighted by molar-refractivity contribution is 0.0957. The van der Waals surface area contributed by atoms with Gasteiger partial charge in [0.1, 0.15) is 0 Å². The largest absolute Gasteiger partial charge is 0.350 e. The molecule has 0 spiro atoms. The minimum absolute atomic E-state index is 0.0189. The maximum absolute atomic E-state index is 11.8. The van der Waals surface area contributed by atoms with Crippen LogP contribution < -0.4 is 5.32 Å². The van der Waals surface area contributed by atoms with Gasteiger partial charge in [0.15, 0.2) is 0 Å². The third-order valence-electron chi connectivity index (χ3n) is 2.08. The number of hydrogen-bond acceptors (Lipinski definition) is 2. The lowest BCUT2D eigenvalue weighted by Gasteiger charge is -2.12. The van der Waals surface area contributed by atoms with Crippen LogP contribution >= 0.6 is 59.1 Å². The second-order valence-electron chi connectivity index (χ2n) is 4.17. The molecule has 0 aliphatic heterocycles. The molecule has 1 aromatic heterocycles. The van der Waals surface area contributed by atoms with E-state index in [1.54, 1.807) is 0 Å². The summed E-state index contributed by atoms with van der Waals surface area (Å²) in [6.45, 7) is 5.00. The number of carbonyl (C=O) groups is 1. The van der Waals surface area contributed by atoms with E-state index in [0.717, 1.165) is 14.7 Å². The number of thiophene rings is 1. The second kappa shape index (κ2) is 7.26. The highest BCUT2D eigenvalue weighted by atomic mass is 79.9. The lowest BCUT2D eigenvalue weighted by Crippen LogP contribution is -2.29. The fourth-order valence-electron chi connectivity index (χ4n) is 1.34. The molecule has 0 aromatic carbocycles. The summed E-state index contributed by atoms with van der Waals surface area (Å²) in [5, 5.41) is 2.93. The number of hydrogen-bond donors (Lipinski definition) is 1. The van der Waals surface area contributed by atoms with Gasteiger partial charge in [-0.1, -0.05) is 29.8 Å². The summed E-state index contributed by atoms with van der Waals surface area (Å²) < 4.78 is 1.87. The van der Waals surface area contributed by atoms with Crippen molar-refractivity contribution in [2.45, 2.75) is 25.1 Å². The molecule has 96 valence electrons. The fourth-order valence-corrected chi connectivity index (χ4v) is 4.21. The number of carbonyl (C=O) groups excluding carboxylic acids is 1. The van der Waals surface area contributed by atoms with Crippen LogP contribution in [-0.2, 0) is 0 Å². The van der Waals surface area contributed by atoms with Gasteiger partial charge in [-0.2, -0.15) is 0 Å². The summed E-state index contributed by atoms with van der Waals surface area (Å²) in [4.78, 5) is 12.9. The Hall–Kier alpha value is 0.610. The first-order valence-electron chi connectivity index (χ1n) is 5.27. The van der Waals surface area contributed by atoms with E-state index in [0.29, 0.717) is 22.2 Å². The smallest absolute Gasteiger partial charge is 0.261 e. The molecule has 0 saturated heterocycles. The van der Waals surface area contributed by atoms with Gasteiger partial charge < -0.3 is 5.32 Å². The van der Waals surface area contributed by atoms with Crippen molar-refractivity contribution in [1.29, 1.82) is 0 Å². The molecule has 0 radical (unpaired) electrons. The van der Waals surface area contributed by atoms with E-state index in [-0.39, 0.29) is 5.91 Å². The van der Waals surface area contributed by atoms with Gasteiger partial charge in [0.25, 0.3) is 5.91 Å². The SMILES string of the molecule is CC(C)CC(Br)CNC(=O)c1cc(Br)c(Br)s1. The Morgan fingerprint density at radius 3 is 2.59 bits per heavy atom. The van der Waals surface area contributed by atoms with E-state index in [1.165, 1.54) is 11.3 Å². The average Bonchev–Trinajstić information content (AvgIpc) is 2.55. The summed E-state index contributed by atoms with van der Waals surface area (Å²) in [5.74, 6) is 0.607. The van der Waals surface area contributed by atoms with Crippen LogP contribution in [0.4, 0.5) is 0 Å². The Morgan fingerprint density at radius 2 is 2.12 bits per heavy atom. The molecule has 1 amide bonds. The number of nitrogens with one attached hydrogen (secondary N) is 1. The van der Waals surface area contributed by atoms with Gasteiger partial charge >= 0.3 is 0 Å². The van der Waals surface area contributed by atoms with Crippen LogP contribution in [0.1, 0.15) is 29.9 Å². The number of halogens is 3. The van der Waals surface area contributed by atoms with Crippen molar-refractivity contribution in [3.63, 3.8) is 0 Å². The van der Waals surface area contributed by atoms with Crippen molar-refractivity contribution in [2.24, 2.45) is 5.92 Å². The van der Waals surface area contributed by atoms with E-state index < -0.39 is 0 Å². The molecule has 1 heterocycles. The van der Waals surface area contributed by atoms with E-state index in [2.05, 4.69) is 67.0 Å². The molecule has 1 atom stereocenters. The third-order valence-corrected chi connectivity index (χ3v) is 6.03. The predicted octanol–water partition coefficient (Wildman–Crippen LogP) is 4.81. The third kappa shape index (κ3) is 5.41. The summed E-state index contributed by atoms with van der Waals surface area (Å²) in [5.41, 5.74) is 0. The zero-order valence-electron chi connectivity index (χ0n) is 9.60. The molecule has 0 aliphatic carbocycles. The number of amides is 1. The Balaban J connectivity index is 2.45. The van der Waals surface area contributed by atoms with Crippen molar-refractivity contribution in [3.05, 3.63) is 19.2 Å². The van der Waals surface area contributed by atoms with E-state index in [1.807, 2.05) is 6.07 Å². The van der Waals surface area contributed by atoms with Gasteiger partial charge in [0, 0.05) is 15.8 Å². The zero-order chi connectivity index (χ0) is 13.0. The van der Waals surface area contributed by atoms with Crippen LogP contribution in [0.5, 0.6) is 0 Å². The summed E-state index contributed by atoms with van der Waals surface area (Å²) in [6, 6.07) is 1.83. The first-order chi connectivity index (χ1) is 7.90. The summed E-state index contributed by atoms with van der Waals surface area (Å²) in [7, 11) is 0. The average molecular weight is 448 g/mol. The van der Waals surface area contributed by atoms with Gasteiger partial charge in [-0.25, -0.2) is 0 Å². The first-order valence-corrected chi connectivity index (χ1v) is 8.59. The van der Waals surface area contributed by atoms with Gasteiger partial charge in [0.2, 0.25) is 0 Å². The van der Waals surface area contributed by atoms with E-state index >= 15 is 0 Å². The molecule has 1 N–H and O–H groups in total. The second-order valence-corrected chi connectivity index (χ2v) is 8.69. The molecule has 0 fully saturated rings. The topological polar surface area (TPSA) is 29.1 Å². The molecular formula is C11H14Br3NOS. The Kier molecular flexibility index (Phi) is 6.69. The molecule has 1 rings (SSSR count). The van der Waals surface area contributed by atoms with Crippen LogP contribution in [-0.4, -0.2) is 17.3 Å². The predicted molar refractivity (Wildman–Crippen MR) is 84.2 cm³/mol. The highest BCUT2D eigenvalue weighted by Crippen LogP contribution is 2.32. The quantitative estimate of drug-likeness (QED) is 0.644. The standard InChI is InChI=1S/C11H14Br3NOS/c1-6(2)3-7(12)5-15-11(16)9-4-8(13)10(14)17-9/h4,6-7H,3,5H2,1-2H3,(H,15,16). The van der Waals surface area contributed by atoms with Crippen LogP contribution in [0.3, 0.4) is 0 Å². The Bertz CT molecular complexity index is 373. The number of rotatable bonds is 5. The van der Waals surface area contributed by atoms with Crippen molar-refractivity contribution < 1.29 is 4.79 Å². The lowest BCUT2D eigenvalue weighted by atomic mass is 10.1. The van der Waals surface area contributed by atoms with Crippen LogP contribution in [0.25, 0.3) is 0 Å². The van der Waals surface area contributed by atoms with Gasteiger partial charge in [-0.3, -0.25) is 4.79 Å². The van der Waals surface area contributed by atoms with Crippen LogP contribution in [0.2, 0.25) is 0 Å². The Morgan fingerprint density at radius 1 is 1.47 bits per heavy atom. The maximum Gasteiger partial charge on any atom is 0.261 e. The molecule has 1 aromatic rings. The highest BCUT2D eigenvalue weighted by Gasteiger charge is 2.13. The fraction of sp³-hybridized carbons (Fsp3) is 0.545. The minimum Gasteiger partial charge on any atom is -0.350 e. The molecule has 0 saturated carbocycles. The van der Waals surface area contributed by atoms with Gasteiger partial charge in [0.05, 0.1) is 8.66 Å². The first kappa shape index (κ1) is 15.7. The normalized spacial score (nSPS) is 12.8. The van der Waals surface area contributed by atoms with Crippen molar-refractivity contribution in [3.8, 4) is 0 Å². The van der Waals surface area contributed by atoms with Crippen molar-refractivity contribution in [1.82, 2.24) is 5.32 Å². The van der Waals surface area contributed by atoms with Crippen LogP contribution in [0, 0.1) is 5.92 Å². The highest BCUT2D eigenvalue weighted by molar-refractivity contribution is 9.13. The molecule has 2 nitrogen and oxygen atoms in total. The molecule has 17 heavy (non-hydrogen) atoms. The maximum atomic E-state index is 11.8. The summed E-state index contributed by atoms with van der Waals surface area (Å²) >= 11 is 11.8. The monoisotopic (exact) mass is 445 g/mol. The van der Waals surface area contributed by atoms with Gasteiger partial charge in [-0.15, -0.1) is 11.3 Å². The van der Waals surface area contributed by atoms with Crippen LogP contribution in [0.15, 0.2) is 14.3 Å².